The second-order valence-electron chi connectivity index (χ2n) is 5.26. The molecule has 0 radical (unpaired) electrons. The van der Waals surface area contributed by atoms with Gasteiger partial charge in [0, 0.05) is 17.8 Å². The van der Waals surface area contributed by atoms with Gasteiger partial charge in [-0.1, -0.05) is 30.3 Å². The number of benzene rings is 1. The van der Waals surface area contributed by atoms with E-state index in [-0.39, 0.29) is 11.3 Å². The Kier molecular flexibility index (Phi) is 3.90. The third kappa shape index (κ3) is 2.72. The molecular weight excluding hydrogens is 296 g/mol. The van der Waals surface area contributed by atoms with Crippen LogP contribution in [0.2, 0.25) is 0 Å². The molecule has 0 bridgehead atoms. The van der Waals surface area contributed by atoms with Crippen molar-refractivity contribution >= 4 is 27.3 Å². The minimum Gasteiger partial charge on any atom is -0.300 e. The molecule has 0 atom stereocenters. The first kappa shape index (κ1) is 14.7. The van der Waals surface area contributed by atoms with E-state index in [1.165, 1.54) is 18.3 Å². The maximum Gasteiger partial charge on any atom is 0.262 e. The Labute approximate surface area is 132 Å². The van der Waals surface area contributed by atoms with Crippen LogP contribution in [0.5, 0.6) is 0 Å². The van der Waals surface area contributed by atoms with Crippen LogP contribution in [-0.2, 0) is 11.3 Å². The van der Waals surface area contributed by atoms with Crippen LogP contribution in [0.4, 0.5) is 0 Å². The third-order valence-corrected chi connectivity index (χ3v) is 4.67. The number of hydrogen-bond acceptors (Lipinski definition) is 4. The average Bonchev–Trinajstić information content (AvgIpc) is 2.92. The number of fused-ring (bicyclic) bond motifs is 1. The lowest BCUT2D eigenvalue weighted by atomic mass is 10.2. The fourth-order valence-corrected chi connectivity index (χ4v) is 3.47. The highest BCUT2D eigenvalue weighted by atomic mass is 32.1. The largest absolute Gasteiger partial charge is 0.300 e. The Morgan fingerprint density at radius 2 is 2.00 bits per heavy atom. The van der Waals surface area contributed by atoms with E-state index in [0.29, 0.717) is 24.2 Å². The van der Waals surface area contributed by atoms with Crippen molar-refractivity contribution in [2.24, 2.45) is 0 Å². The Balaban J connectivity index is 2.11. The summed E-state index contributed by atoms with van der Waals surface area (Å²) in [7, 11) is 0. The minimum absolute atomic E-state index is 0.0674. The molecule has 2 aromatic heterocycles. The molecule has 0 spiro atoms. The molecular formula is C17H16N2O2S. The molecule has 0 saturated carbocycles. The number of carbonyl (C=O) groups is 1. The zero-order valence-corrected chi connectivity index (χ0v) is 13.3. The second-order valence-corrected chi connectivity index (χ2v) is 6.29. The molecule has 112 valence electrons. The quantitative estimate of drug-likeness (QED) is 0.742. The molecule has 0 N–H and O–H groups in total. The van der Waals surface area contributed by atoms with E-state index < -0.39 is 0 Å². The summed E-state index contributed by atoms with van der Waals surface area (Å²) in [6.45, 7) is 3.73. The third-order valence-electron chi connectivity index (χ3n) is 3.59. The first-order valence-corrected chi connectivity index (χ1v) is 7.94. The number of hydrogen-bond donors (Lipinski definition) is 0. The maximum atomic E-state index is 12.6. The van der Waals surface area contributed by atoms with Crippen molar-refractivity contribution in [3.63, 3.8) is 0 Å². The van der Waals surface area contributed by atoms with Crippen molar-refractivity contribution in [2.75, 3.05) is 0 Å². The lowest BCUT2D eigenvalue weighted by Crippen LogP contribution is -2.24. The van der Waals surface area contributed by atoms with Gasteiger partial charge in [0.25, 0.3) is 5.56 Å². The monoisotopic (exact) mass is 312 g/mol. The Bertz CT molecular complexity index is 894. The predicted molar refractivity (Wildman–Crippen MR) is 89.4 cm³/mol. The fourth-order valence-electron chi connectivity index (χ4n) is 2.39. The van der Waals surface area contributed by atoms with E-state index in [1.54, 1.807) is 4.57 Å². The molecule has 0 saturated heterocycles. The number of aromatic nitrogens is 2. The average molecular weight is 312 g/mol. The van der Waals surface area contributed by atoms with E-state index >= 15 is 0 Å². The van der Waals surface area contributed by atoms with Crippen LogP contribution in [0.25, 0.3) is 20.7 Å². The van der Waals surface area contributed by atoms with Crippen LogP contribution < -0.4 is 5.56 Å². The van der Waals surface area contributed by atoms with E-state index in [4.69, 9.17) is 0 Å². The van der Waals surface area contributed by atoms with Crippen molar-refractivity contribution in [3.8, 4) is 10.4 Å². The van der Waals surface area contributed by atoms with Crippen molar-refractivity contribution in [1.29, 1.82) is 0 Å². The van der Waals surface area contributed by atoms with Gasteiger partial charge in [-0.15, -0.1) is 11.3 Å². The standard InChI is InChI=1S/C17H16N2O2S/c1-11(20)8-9-19-12(2)18-16-14(17(19)21)10-15(22-16)13-6-4-3-5-7-13/h3-7,10H,8-9H2,1-2H3. The van der Waals surface area contributed by atoms with E-state index in [9.17, 15) is 9.59 Å². The summed E-state index contributed by atoms with van der Waals surface area (Å²) >= 11 is 1.52. The first-order valence-electron chi connectivity index (χ1n) is 7.12. The topological polar surface area (TPSA) is 52.0 Å². The molecule has 0 fully saturated rings. The van der Waals surface area contributed by atoms with Gasteiger partial charge < -0.3 is 0 Å². The molecule has 3 aromatic rings. The smallest absolute Gasteiger partial charge is 0.262 e. The summed E-state index contributed by atoms with van der Waals surface area (Å²) in [5.74, 6) is 0.724. The number of ketones is 1. The van der Waals surface area contributed by atoms with Gasteiger partial charge in [-0.05, 0) is 25.5 Å². The number of carbonyl (C=O) groups excluding carboxylic acids is 1. The Morgan fingerprint density at radius 1 is 1.27 bits per heavy atom. The molecule has 3 rings (SSSR count). The zero-order valence-electron chi connectivity index (χ0n) is 12.5. The first-order chi connectivity index (χ1) is 10.6. The summed E-state index contributed by atoms with van der Waals surface area (Å²) in [5, 5.41) is 0.623. The van der Waals surface area contributed by atoms with Crippen molar-refractivity contribution < 1.29 is 4.79 Å². The number of rotatable bonds is 4. The highest BCUT2D eigenvalue weighted by Gasteiger charge is 2.13. The summed E-state index contributed by atoms with van der Waals surface area (Å²) in [6, 6.07) is 11.9. The van der Waals surface area contributed by atoms with Crippen LogP contribution in [-0.4, -0.2) is 15.3 Å². The highest BCUT2D eigenvalue weighted by molar-refractivity contribution is 7.21. The number of aryl methyl sites for hydroxylation is 1. The number of thiophene rings is 1. The zero-order chi connectivity index (χ0) is 15.7. The Morgan fingerprint density at radius 3 is 2.68 bits per heavy atom. The molecule has 0 aliphatic carbocycles. The molecule has 2 heterocycles. The molecule has 5 heteroatoms. The summed E-state index contributed by atoms with van der Waals surface area (Å²) < 4.78 is 1.59. The number of nitrogens with zero attached hydrogens (tertiary/aromatic N) is 2. The molecule has 22 heavy (non-hydrogen) atoms. The van der Waals surface area contributed by atoms with Gasteiger partial charge in [0.1, 0.15) is 16.4 Å². The van der Waals surface area contributed by atoms with Crippen LogP contribution in [0, 0.1) is 6.92 Å². The minimum atomic E-state index is -0.0674. The molecule has 0 aliphatic heterocycles. The molecule has 4 nitrogen and oxygen atoms in total. The summed E-state index contributed by atoms with van der Waals surface area (Å²) in [6.07, 6.45) is 0.351. The van der Waals surface area contributed by atoms with Gasteiger partial charge in [-0.3, -0.25) is 14.2 Å². The van der Waals surface area contributed by atoms with E-state index in [0.717, 1.165) is 15.3 Å². The fraction of sp³-hybridized carbons (Fsp3) is 0.235. The van der Waals surface area contributed by atoms with Crippen LogP contribution in [0.1, 0.15) is 19.2 Å². The van der Waals surface area contributed by atoms with Gasteiger partial charge >= 0.3 is 0 Å². The summed E-state index contributed by atoms with van der Waals surface area (Å²) in [5.41, 5.74) is 1.01. The van der Waals surface area contributed by atoms with Crippen LogP contribution in [0.15, 0.2) is 41.2 Å². The van der Waals surface area contributed by atoms with Gasteiger partial charge in [-0.2, -0.15) is 0 Å². The Hall–Kier alpha value is -2.27. The summed E-state index contributed by atoms with van der Waals surface area (Å²) in [4.78, 5) is 30.1. The van der Waals surface area contributed by atoms with Gasteiger partial charge in [-0.25, -0.2) is 4.98 Å². The molecule has 0 amide bonds. The highest BCUT2D eigenvalue weighted by Crippen LogP contribution is 2.30. The van der Waals surface area contributed by atoms with Crippen molar-refractivity contribution in [3.05, 3.63) is 52.6 Å². The van der Waals surface area contributed by atoms with Crippen molar-refractivity contribution in [1.82, 2.24) is 9.55 Å². The van der Waals surface area contributed by atoms with Gasteiger partial charge in [0.05, 0.1) is 5.39 Å². The lowest BCUT2D eigenvalue weighted by molar-refractivity contribution is -0.117. The SMILES string of the molecule is CC(=O)CCn1c(C)nc2sc(-c3ccccc3)cc2c1=O. The maximum absolute atomic E-state index is 12.6. The van der Waals surface area contributed by atoms with Gasteiger partial charge in [0.15, 0.2) is 0 Å². The second kappa shape index (κ2) is 5.85. The molecule has 0 unspecified atom stereocenters. The molecule has 0 aliphatic rings. The van der Waals surface area contributed by atoms with E-state index in [2.05, 4.69) is 4.98 Å². The predicted octanol–water partition coefficient (Wildman–Crippen LogP) is 3.41. The normalized spacial score (nSPS) is 11.0. The number of Topliss-reactive ketones (excluding diaryl/α,β-unsaturated/α-hetero) is 1. The molecule has 1 aromatic carbocycles. The van der Waals surface area contributed by atoms with Crippen LogP contribution in [0.3, 0.4) is 0 Å². The van der Waals surface area contributed by atoms with Gasteiger partial charge in [0.2, 0.25) is 0 Å². The van der Waals surface area contributed by atoms with Crippen LogP contribution >= 0.6 is 11.3 Å². The van der Waals surface area contributed by atoms with E-state index in [1.807, 2.05) is 43.3 Å². The van der Waals surface area contributed by atoms with Crippen molar-refractivity contribution in [2.45, 2.75) is 26.8 Å². The lowest BCUT2D eigenvalue weighted by Gasteiger charge is -2.07.